The zero-order chi connectivity index (χ0) is 31.7. The molecule has 232 valence electrons. The van der Waals surface area contributed by atoms with Gasteiger partial charge < -0.3 is 20.9 Å². The van der Waals surface area contributed by atoms with Crippen LogP contribution >= 0.6 is 0 Å². The molecule has 3 aromatic carbocycles. The standard InChI is InChI=1S/C38H48N4O2/c1-29(13-12-22-37(2,3)39)41(5)34(27-30-18-20-33(21-19-30)32-16-10-7-11-17-32)35(43)42-25-23-38(24-26-42,36(44)40-4)28-31-14-8-6-9-15-31/h6-21,34H,1,22-28,39H2,2-5H3,(H,40,44)/b13-12+/t34-/m1/s1. The van der Waals surface area contributed by atoms with Crippen LogP contribution in [0.3, 0.4) is 0 Å². The first-order chi connectivity index (χ1) is 21.0. The molecule has 6 nitrogen and oxygen atoms in total. The molecule has 1 fully saturated rings. The fourth-order valence-corrected chi connectivity index (χ4v) is 6.00. The molecular weight excluding hydrogens is 544 g/mol. The largest absolute Gasteiger partial charge is 0.363 e. The van der Waals surface area contributed by atoms with E-state index in [1.165, 1.54) is 0 Å². The number of nitrogens with zero attached hydrogens (tertiary/aromatic N) is 2. The van der Waals surface area contributed by atoms with Gasteiger partial charge in [0.15, 0.2) is 0 Å². The number of carbonyl (C=O) groups excluding carboxylic acids is 2. The maximum atomic E-state index is 14.3. The third-order valence-electron chi connectivity index (χ3n) is 8.78. The third kappa shape index (κ3) is 8.48. The quantitative estimate of drug-likeness (QED) is 0.253. The first kappa shape index (κ1) is 32.7. The van der Waals surface area contributed by atoms with Crippen LogP contribution in [-0.2, 0) is 22.4 Å². The molecule has 0 aromatic heterocycles. The minimum absolute atomic E-state index is 0.0435. The molecule has 1 aliphatic heterocycles. The van der Waals surface area contributed by atoms with Gasteiger partial charge in [0.2, 0.25) is 11.8 Å². The number of rotatable bonds is 12. The van der Waals surface area contributed by atoms with Crippen LogP contribution in [0.5, 0.6) is 0 Å². The van der Waals surface area contributed by atoms with E-state index in [-0.39, 0.29) is 17.4 Å². The second-order valence-electron chi connectivity index (χ2n) is 12.8. The number of benzene rings is 3. The smallest absolute Gasteiger partial charge is 0.245 e. The average molecular weight is 593 g/mol. The van der Waals surface area contributed by atoms with E-state index in [2.05, 4.69) is 60.4 Å². The molecule has 4 rings (SSSR count). The molecule has 0 bridgehead atoms. The Hall–Kier alpha value is -4.16. The monoisotopic (exact) mass is 592 g/mol. The first-order valence-corrected chi connectivity index (χ1v) is 15.6. The SMILES string of the molecule is C=C(/C=C/CC(C)(C)N)N(C)[C@H](Cc1ccc(-c2ccccc2)cc1)C(=O)N1CCC(Cc2ccccc2)(C(=O)NC)CC1. The first-order valence-electron chi connectivity index (χ1n) is 15.6. The molecule has 3 N–H and O–H groups in total. The Morgan fingerprint density at radius 3 is 2.09 bits per heavy atom. The van der Waals surface area contributed by atoms with E-state index in [1.54, 1.807) is 7.05 Å². The van der Waals surface area contributed by atoms with Gasteiger partial charge in [-0.25, -0.2) is 0 Å². The van der Waals surface area contributed by atoms with Crippen LogP contribution in [0.1, 0.15) is 44.2 Å². The van der Waals surface area contributed by atoms with E-state index in [9.17, 15) is 9.59 Å². The topological polar surface area (TPSA) is 78.7 Å². The van der Waals surface area contributed by atoms with Crippen LogP contribution < -0.4 is 11.1 Å². The summed E-state index contributed by atoms with van der Waals surface area (Å²) in [7, 11) is 3.64. The van der Waals surface area contributed by atoms with Crippen molar-refractivity contribution in [2.24, 2.45) is 11.1 Å². The zero-order valence-corrected chi connectivity index (χ0v) is 26.8. The molecule has 0 aliphatic carbocycles. The number of hydrogen-bond acceptors (Lipinski definition) is 4. The molecule has 1 saturated heterocycles. The zero-order valence-electron chi connectivity index (χ0n) is 26.8. The van der Waals surface area contributed by atoms with Crippen LogP contribution in [-0.4, -0.2) is 60.4 Å². The molecule has 2 amide bonds. The van der Waals surface area contributed by atoms with Crippen LogP contribution in [0, 0.1) is 5.41 Å². The third-order valence-corrected chi connectivity index (χ3v) is 8.78. The van der Waals surface area contributed by atoms with Crippen molar-refractivity contribution in [3.05, 3.63) is 120 Å². The lowest BCUT2D eigenvalue weighted by Gasteiger charge is -2.42. The summed E-state index contributed by atoms with van der Waals surface area (Å²) in [6.45, 7) is 9.33. The predicted molar refractivity (Wildman–Crippen MR) is 181 cm³/mol. The van der Waals surface area contributed by atoms with Gasteiger partial charge in [0.05, 0.1) is 5.41 Å². The number of nitrogens with two attached hydrogens (primary N) is 1. The molecule has 0 spiro atoms. The second-order valence-corrected chi connectivity index (χ2v) is 12.8. The molecule has 1 atom stereocenters. The second kappa shape index (κ2) is 14.5. The number of nitrogens with one attached hydrogen (secondary N) is 1. The van der Waals surface area contributed by atoms with Gasteiger partial charge in [-0.05, 0) is 67.9 Å². The molecule has 44 heavy (non-hydrogen) atoms. The summed E-state index contributed by atoms with van der Waals surface area (Å²) in [4.78, 5) is 31.4. The van der Waals surface area contributed by atoms with Crippen molar-refractivity contribution >= 4 is 11.8 Å². The highest BCUT2D eigenvalue weighted by Gasteiger charge is 2.43. The Bertz CT molecular complexity index is 1420. The number of piperidine rings is 1. The molecule has 0 radical (unpaired) electrons. The Kier molecular flexibility index (Phi) is 10.8. The molecule has 3 aromatic rings. The van der Waals surface area contributed by atoms with Crippen LogP contribution in [0.25, 0.3) is 11.1 Å². The highest BCUT2D eigenvalue weighted by Crippen LogP contribution is 2.36. The van der Waals surface area contributed by atoms with E-state index < -0.39 is 11.5 Å². The van der Waals surface area contributed by atoms with Crippen molar-refractivity contribution in [2.75, 3.05) is 27.2 Å². The highest BCUT2D eigenvalue weighted by molar-refractivity contribution is 5.85. The van der Waals surface area contributed by atoms with Gasteiger partial charge in [0, 0.05) is 44.8 Å². The van der Waals surface area contributed by atoms with Gasteiger partial charge in [-0.15, -0.1) is 0 Å². The van der Waals surface area contributed by atoms with Crippen LogP contribution in [0.2, 0.25) is 0 Å². The van der Waals surface area contributed by atoms with Crippen molar-refractivity contribution in [1.82, 2.24) is 15.1 Å². The van der Waals surface area contributed by atoms with Crippen molar-refractivity contribution in [1.29, 1.82) is 0 Å². The van der Waals surface area contributed by atoms with Crippen molar-refractivity contribution < 1.29 is 9.59 Å². The fraction of sp³-hybridized carbons (Fsp3) is 0.368. The molecule has 6 heteroatoms. The van der Waals surface area contributed by atoms with Gasteiger partial charge in [-0.1, -0.05) is 97.6 Å². The van der Waals surface area contributed by atoms with Gasteiger partial charge in [-0.3, -0.25) is 9.59 Å². The predicted octanol–water partition coefficient (Wildman–Crippen LogP) is 5.99. The number of carbonyl (C=O) groups is 2. The van der Waals surface area contributed by atoms with E-state index in [0.717, 1.165) is 28.0 Å². The summed E-state index contributed by atoms with van der Waals surface area (Å²) >= 11 is 0. The van der Waals surface area contributed by atoms with E-state index >= 15 is 0 Å². The number of hydrogen-bond donors (Lipinski definition) is 2. The Morgan fingerprint density at radius 2 is 1.52 bits per heavy atom. The maximum absolute atomic E-state index is 14.3. The lowest BCUT2D eigenvalue weighted by molar-refractivity contribution is -0.143. The van der Waals surface area contributed by atoms with Crippen molar-refractivity contribution in [3.63, 3.8) is 0 Å². The fourth-order valence-electron chi connectivity index (χ4n) is 6.00. The van der Waals surface area contributed by atoms with E-state index in [0.29, 0.717) is 45.2 Å². The maximum Gasteiger partial charge on any atom is 0.245 e. The average Bonchev–Trinajstić information content (AvgIpc) is 3.03. The molecule has 1 aliphatic rings. The van der Waals surface area contributed by atoms with Gasteiger partial charge in [-0.2, -0.15) is 0 Å². The number of allylic oxidation sites excluding steroid dienone is 1. The molecule has 0 saturated carbocycles. The normalized spacial score (nSPS) is 15.5. The lowest BCUT2D eigenvalue weighted by Crippen LogP contribution is -2.54. The summed E-state index contributed by atoms with van der Waals surface area (Å²) < 4.78 is 0. The number of likely N-dealkylation sites (N-methyl/N-ethyl adjacent to an activating group) is 1. The molecule has 0 unspecified atom stereocenters. The minimum atomic E-state index is -0.539. The Balaban J connectivity index is 1.54. The summed E-state index contributed by atoms with van der Waals surface area (Å²) in [6.07, 6.45) is 7.11. The Morgan fingerprint density at radius 1 is 0.955 bits per heavy atom. The number of amides is 2. The summed E-state index contributed by atoms with van der Waals surface area (Å²) in [5.74, 6) is 0.0977. The molecular formula is C38H48N4O2. The highest BCUT2D eigenvalue weighted by atomic mass is 16.2. The Labute approximate surface area is 263 Å². The molecule has 1 heterocycles. The lowest BCUT2D eigenvalue weighted by atomic mass is 9.73. The van der Waals surface area contributed by atoms with Gasteiger partial charge >= 0.3 is 0 Å². The van der Waals surface area contributed by atoms with Gasteiger partial charge in [0.1, 0.15) is 6.04 Å². The summed E-state index contributed by atoms with van der Waals surface area (Å²) in [5, 5.41) is 2.90. The van der Waals surface area contributed by atoms with Crippen molar-refractivity contribution in [3.8, 4) is 11.1 Å². The van der Waals surface area contributed by atoms with E-state index in [1.807, 2.05) is 79.2 Å². The number of likely N-dealkylation sites (tertiary alicyclic amines) is 1. The van der Waals surface area contributed by atoms with Crippen LogP contribution in [0.4, 0.5) is 0 Å². The van der Waals surface area contributed by atoms with E-state index in [4.69, 9.17) is 5.73 Å². The van der Waals surface area contributed by atoms with Gasteiger partial charge in [0.25, 0.3) is 0 Å². The van der Waals surface area contributed by atoms with Crippen molar-refractivity contribution in [2.45, 2.75) is 57.5 Å². The minimum Gasteiger partial charge on any atom is -0.363 e. The summed E-state index contributed by atoms with van der Waals surface area (Å²) in [6, 6.07) is 28.4. The van der Waals surface area contributed by atoms with Crippen LogP contribution in [0.15, 0.2) is 109 Å². The summed E-state index contributed by atoms with van der Waals surface area (Å²) in [5.41, 5.74) is 10.6.